The summed E-state index contributed by atoms with van der Waals surface area (Å²) in [6.45, 7) is 2.56. The highest BCUT2D eigenvalue weighted by atomic mass is 79.9. The van der Waals surface area contributed by atoms with Crippen LogP contribution in [0, 0.1) is 5.92 Å². The standard InChI is InChI=1S/C13H18BrNO2S/c1-9-4-6-13(17,7-5-9)8-15-12(16)10-2-3-11(14)18-10/h2-3,9,17H,4-8H2,1H3,(H,15,16). The van der Waals surface area contributed by atoms with Gasteiger partial charge in [0.05, 0.1) is 14.3 Å². The quantitative estimate of drug-likeness (QED) is 0.893. The Morgan fingerprint density at radius 1 is 1.56 bits per heavy atom. The summed E-state index contributed by atoms with van der Waals surface area (Å²) in [5.41, 5.74) is -0.712. The van der Waals surface area contributed by atoms with E-state index in [4.69, 9.17) is 0 Å². The Bertz CT molecular complexity index is 424. The van der Waals surface area contributed by atoms with Gasteiger partial charge in [0.1, 0.15) is 0 Å². The number of carbonyl (C=O) groups excluding carboxylic acids is 1. The Hall–Kier alpha value is -0.390. The number of aliphatic hydroxyl groups is 1. The summed E-state index contributed by atoms with van der Waals surface area (Å²) in [7, 11) is 0. The van der Waals surface area contributed by atoms with Gasteiger partial charge >= 0.3 is 0 Å². The van der Waals surface area contributed by atoms with E-state index in [1.165, 1.54) is 11.3 Å². The van der Waals surface area contributed by atoms with E-state index in [0.29, 0.717) is 17.3 Å². The molecule has 1 aromatic rings. The second-order valence-corrected chi connectivity index (χ2v) is 7.66. The molecule has 1 aliphatic rings. The molecule has 18 heavy (non-hydrogen) atoms. The van der Waals surface area contributed by atoms with Crippen LogP contribution in [-0.2, 0) is 0 Å². The van der Waals surface area contributed by atoms with Crippen LogP contribution in [0.3, 0.4) is 0 Å². The van der Waals surface area contributed by atoms with E-state index in [0.717, 1.165) is 29.5 Å². The summed E-state index contributed by atoms with van der Waals surface area (Å²) in [5.74, 6) is 0.590. The molecule has 0 radical (unpaired) electrons. The van der Waals surface area contributed by atoms with Crippen LogP contribution in [0.5, 0.6) is 0 Å². The minimum atomic E-state index is -0.712. The van der Waals surface area contributed by atoms with Crippen LogP contribution in [0.1, 0.15) is 42.3 Å². The number of halogens is 1. The fourth-order valence-corrected chi connectivity index (χ4v) is 3.55. The van der Waals surface area contributed by atoms with Crippen molar-refractivity contribution < 1.29 is 9.90 Å². The molecule has 100 valence electrons. The Labute approximate surface area is 120 Å². The van der Waals surface area contributed by atoms with Crippen molar-refractivity contribution in [1.82, 2.24) is 5.32 Å². The molecule has 1 aromatic heterocycles. The number of nitrogens with one attached hydrogen (secondary N) is 1. The van der Waals surface area contributed by atoms with E-state index in [1.54, 1.807) is 6.07 Å². The van der Waals surface area contributed by atoms with Gasteiger partial charge in [-0.3, -0.25) is 4.79 Å². The average molecular weight is 332 g/mol. The zero-order valence-electron chi connectivity index (χ0n) is 10.4. The lowest BCUT2D eigenvalue weighted by Crippen LogP contribution is -2.45. The summed E-state index contributed by atoms with van der Waals surface area (Å²) < 4.78 is 0.942. The van der Waals surface area contributed by atoms with E-state index in [1.807, 2.05) is 6.07 Å². The molecule has 1 saturated carbocycles. The minimum Gasteiger partial charge on any atom is -0.388 e. The van der Waals surface area contributed by atoms with Crippen molar-refractivity contribution >= 4 is 33.2 Å². The molecule has 0 saturated heterocycles. The highest BCUT2D eigenvalue weighted by Crippen LogP contribution is 2.31. The fourth-order valence-electron chi connectivity index (χ4n) is 2.24. The minimum absolute atomic E-state index is 0.0993. The highest BCUT2D eigenvalue weighted by Gasteiger charge is 2.32. The molecule has 0 atom stereocenters. The lowest BCUT2D eigenvalue weighted by molar-refractivity contribution is -0.00536. The van der Waals surface area contributed by atoms with Crippen molar-refractivity contribution in [2.45, 2.75) is 38.2 Å². The first-order chi connectivity index (χ1) is 8.48. The third kappa shape index (κ3) is 3.56. The molecular formula is C13H18BrNO2S. The van der Waals surface area contributed by atoms with E-state index >= 15 is 0 Å². The molecule has 0 aromatic carbocycles. The number of amides is 1. The number of thiophene rings is 1. The van der Waals surface area contributed by atoms with Gasteiger partial charge in [0.15, 0.2) is 0 Å². The van der Waals surface area contributed by atoms with Crippen molar-refractivity contribution in [2.75, 3.05) is 6.54 Å². The summed E-state index contributed by atoms with van der Waals surface area (Å²) in [5, 5.41) is 13.2. The maximum absolute atomic E-state index is 11.9. The second-order valence-electron chi connectivity index (χ2n) is 5.19. The topological polar surface area (TPSA) is 49.3 Å². The van der Waals surface area contributed by atoms with Gasteiger partial charge in [-0.15, -0.1) is 11.3 Å². The SMILES string of the molecule is CC1CCC(O)(CNC(=O)c2ccc(Br)s2)CC1. The second kappa shape index (κ2) is 5.72. The van der Waals surface area contributed by atoms with E-state index in [-0.39, 0.29) is 5.91 Å². The van der Waals surface area contributed by atoms with Gasteiger partial charge in [-0.25, -0.2) is 0 Å². The molecule has 1 fully saturated rings. The Morgan fingerprint density at radius 3 is 2.78 bits per heavy atom. The third-order valence-corrected chi connectivity index (χ3v) is 5.20. The van der Waals surface area contributed by atoms with Crippen LogP contribution in [0.4, 0.5) is 0 Å². The monoisotopic (exact) mass is 331 g/mol. The first-order valence-corrected chi connectivity index (χ1v) is 7.85. The smallest absolute Gasteiger partial charge is 0.261 e. The van der Waals surface area contributed by atoms with Gasteiger partial charge in [0.2, 0.25) is 0 Å². The molecule has 2 rings (SSSR count). The molecule has 3 nitrogen and oxygen atoms in total. The molecule has 1 heterocycles. The van der Waals surface area contributed by atoms with Crippen LogP contribution in [0.2, 0.25) is 0 Å². The van der Waals surface area contributed by atoms with E-state index in [2.05, 4.69) is 28.2 Å². The molecule has 0 bridgehead atoms. The Balaban J connectivity index is 1.86. The number of hydrogen-bond donors (Lipinski definition) is 2. The fraction of sp³-hybridized carbons (Fsp3) is 0.615. The zero-order chi connectivity index (χ0) is 13.2. The Kier molecular flexibility index (Phi) is 4.45. The molecule has 0 unspecified atom stereocenters. The van der Waals surface area contributed by atoms with Gasteiger partial charge in [0.25, 0.3) is 5.91 Å². The van der Waals surface area contributed by atoms with Crippen molar-refractivity contribution in [1.29, 1.82) is 0 Å². The van der Waals surface area contributed by atoms with E-state index < -0.39 is 5.60 Å². The number of rotatable bonds is 3. The van der Waals surface area contributed by atoms with Gasteiger partial charge in [-0.05, 0) is 59.7 Å². The maximum atomic E-state index is 11.9. The van der Waals surface area contributed by atoms with Gasteiger partial charge in [-0.2, -0.15) is 0 Å². The Morgan fingerprint density at radius 2 is 2.22 bits per heavy atom. The van der Waals surface area contributed by atoms with Crippen molar-refractivity contribution in [2.24, 2.45) is 5.92 Å². The maximum Gasteiger partial charge on any atom is 0.261 e. The van der Waals surface area contributed by atoms with Crippen LogP contribution < -0.4 is 5.32 Å². The van der Waals surface area contributed by atoms with Crippen molar-refractivity contribution in [3.8, 4) is 0 Å². The van der Waals surface area contributed by atoms with Crippen LogP contribution in [-0.4, -0.2) is 23.2 Å². The van der Waals surface area contributed by atoms with Crippen LogP contribution in [0.25, 0.3) is 0 Å². The van der Waals surface area contributed by atoms with E-state index in [9.17, 15) is 9.90 Å². The van der Waals surface area contributed by atoms with Gasteiger partial charge < -0.3 is 10.4 Å². The molecule has 1 aliphatic carbocycles. The predicted molar refractivity (Wildman–Crippen MR) is 76.9 cm³/mol. The highest BCUT2D eigenvalue weighted by molar-refractivity contribution is 9.11. The summed E-state index contributed by atoms with van der Waals surface area (Å²) in [6, 6.07) is 3.65. The molecule has 5 heteroatoms. The van der Waals surface area contributed by atoms with Gasteiger partial charge in [0, 0.05) is 6.54 Å². The van der Waals surface area contributed by atoms with Crippen molar-refractivity contribution in [3.05, 3.63) is 20.8 Å². The van der Waals surface area contributed by atoms with Crippen LogP contribution in [0.15, 0.2) is 15.9 Å². The average Bonchev–Trinajstić information content (AvgIpc) is 2.77. The first-order valence-electron chi connectivity index (χ1n) is 6.24. The summed E-state index contributed by atoms with van der Waals surface area (Å²) >= 11 is 4.74. The summed E-state index contributed by atoms with van der Waals surface area (Å²) in [4.78, 5) is 12.6. The lowest BCUT2D eigenvalue weighted by Gasteiger charge is -2.34. The largest absolute Gasteiger partial charge is 0.388 e. The number of hydrogen-bond acceptors (Lipinski definition) is 3. The molecular weight excluding hydrogens is 314 g/mol. The van der Waals surface area contributed by atoms with Crippen LogP contribution >= 0.6 is 27.3 Å². The lowest BCUT2D eigenvalue weighted by atomic mass is 9.79. The van der Waals surface area contributed by atoms with Gasteiger partial charge in [-0.1, -0.05) is 6.92 Å². The third-order valence-electron chi connectivity index (χ3n) is 3.58. The molecule has 2 N–H and O–H groups in total. The molecule has 0 spiro atoms. The predicted octanol–water partition coefficient (Wildman–Crippen LogP) is 3.18. The molecule has 0 aliphatic heterocycles. The number of carbonyl (C=O) groups is 1. The summed E-state index contributed by atoms with van der Waals surface area (Å²) in [6.07, 6.45) is 3.64. The zero-order valence-corrected chi connectivity index (χ0v) is 12.8. The first kappa shape index (κ1) is 14.0. The molecule has 1 amide bonds. The normalized spacial score (nSPS) is 28.1. The van der Waals surface area contributed by atoms with Crippen molar-refractivity contribution in [3.63, 3.8) is 0 Å².